The van der Waals surface area contributed by atoms with Crippen LogP contribution in [0.2, 0.25) is 0 Å². The Morgan fingerprint density at radius 1 is 1.26 bits per heavy atom. The number of amides is 1. The van der Waals surface area contributed by atoms with E-state index in [0.717, 1.165) is 0 Å². The molecule has 1 aromatic rings. The van der Waals surface area contributed by atoms with Gasteiger partial charge in [0.05, 0.1) is 11.3 Å². The molecule has 1 rings (SSSR count). The fourth-order valence-corrected chi connectivity index (χ4v) is 1.11. The summed E-state index contributed by atoms with van der Waals surface area (Å²) >= 11 is 0. The SMILES string of the molecule is O=C(O)c1cc(F)ccc1NC(=O)C(F)(F)C(F)F. The fraction of sp³-hybridized carbons (Fsp3) is 0.200. The second kappa shape index (κ2) is 5.21. The highest BCUT2D eigenvalue weighted by molar-refractivity contribution is 6.02. The van der Waals surface area contributed by atoms with Crippen LogP contribution in [-0.2, 0) is 4.79 Å². The lowest BCUT2D eigenvalue weighted by molar-refractivity contribution is -0.163. The number of carboxylic acid groups (broad SMARTS) is 1. The molecule has 2 N–H and O–H groups in total. The number of hydrogen-bond acceptors (Lipinski definition) is 2. The van der Waals surface area contributed by atoms with E-state index in [1.165, 1.54) is 5.32 Å². The predicted octanol–water partition coefficient (Wildman–Crippen LogP) is 2.36. The molecule has 0 fully saturated rings. The molecule has 9 heteroatoms. The van der Waals surface area contributed by atoms with Gasteiger partial charge in [-0.15, -0.1) is 0 Å². The quantitative estimate of drug-likeness (QED) is 0.834. The van der Waals surface area contributed by atoms with Crippen molar-refractivity contribution in [2.45, 2.75) is 12.3 Å². The zero-order chi connectivity index (χ0) is 14.8. The third kappa shape index (κ3) is 3.18. The number of carbonyl (C=O) groups excluding carboxylic acids is 1. The van der Waals surface area contributed by atoms with E-state index in [9.17, 15) is 31.5 Å². The van der Waals surface area contributed by atoms with Gasteiger partial charge in [-0.2, -0.15) is 8.78 Å². The summed E-state index contributed by atoms with van der Waals surface area (Å²) in [5.41, 5.74) is -1.54. The summed E-state index contributed by atoms with van der Waals surface area (Å²) in [6.45, 7) is 0. The van der Waals surface area contributed by atoms with Crippen molar-refractivity contribution in [1.29, 1.82) is 0 Å². The van der Waals surface area contributed by atoms with E-state index in [4.69, 9.17) is 5.11 Å². The predicted molar refractivity (Wildman–Crippen MR) is 52.9 cm³/mol. The maximum atomic E-state index is 12.8. The first kappa shape index (κ1) is 14.9. The van der Waals surface area contributed by atoms with E-state index in [1.54, 1.807) is 0 Å². The summed E-state index contributed by atoms with van der Waals surface area (Å²) < 4.78 is 61.9. The monoisotopic (exact) mass is 283 g/mol. The highest BCUT2D eigenvalue weighted by Crippen LogP contribution is 2.26. The van der Waals surface area contributed by atoms with Gasteiger partial charge in [0.2, 0.25) is 0 Å². The second-order valence-electron chi connectivity index (χ2n) is 3.37. The lowest BCUT2D eigenvalue weighted by atomic mass is 10.1. The minimum Gasteiger partial charge on any atom is -0.478 e. The van der Waals surface area contributed by atoms with Gasteiger partial charge in [-0.05, 0) is 18.2 Å². The minimum atomic E-state index is -4.98. The Balaban J connectivity index is 3.07. The van der Waals surface area contributed by atoms with Gasteiger partial charge in [0.15, 0.2) is 0 Å². The minimum absolute atomic E-state index is 0.457. The number of hydrogen-bond donors (Lipinski definition) is 2. The van der Waals surface area contributed by atoms with Crippen LogP contribution in [0.3, 0.4) is 0 Å². The topological polar surface area (TPSA) is 66.4 Å². The molecule has 0 bridgehead atoms. The van der Waals surface area contributed by atoms with Crippen molar-refractivity contribution in [3.8, 4) is 0 Å². The number of anilines is 1. The summed E-state index contributed by atoms with van der Waals surface area (Å²) in [6, 6.07) is 1.82. The van der Waals surface area contributed by atoms with E-state index in [2.05, 4.69) is 0 Å². The largest absolute Gasteiger partial charge is 0.478 e. The molecule has 0 aliphatic rings. The lowest BCUT2D eigenvalue weighted by Gasteiger charge is -2.15. The molecule has 0 unspecified atom stereocenters. The Morgan fingerprint density at radius 2 is 1.84 bits per heavy atom. The van der Waals surface area contributed by atoms with Gasteiger partial charge in [-0.3, -0.25) is 4.79 Å². The van der Waals surface area contributed by atoms with E-state index < -0.39 is 41.3 Å². The summed E-state index contributed by atoms with van der Waals surface area (Å²) in [4.78, 5) is 21.6. The van der Waals surface area contributed by atoms with Crippen LogP contribution in [0.5, 0.6) is 0 Å². The zero-order valence-electron chi connectivity index (χ0n) is 8.96. The molecule has 0 saturated carbocycles. The lowest BCUT2D eigenvalue weighted by Crippen LogP contribution is -2.41. The maximum absolute atomic E-state index is 12.8. The molecule has 1 amide bonds. The molecule has 0 spiro atoms. The fourth-order valence-electron chi connectivity index (χ4n) is 1.11. The molecule has 4 nitrogen and oxygen atoms in total. The Bertz CT molecular complexity index is 518. The van der Waals surface area contributed by atoms with Crippen molar-refractivity contribution in [2.75, 3.05) is 5.32 Å². The van der Waals surface area contributed by atoms with Crippen LogP contribution < -0.4 is 5.32 Å². The summed E-state index contributed by atoms with van der Waals surface area (Å²) in [5.74, 6) is -10.1. The molecular formula is C10H6F5NO3. The smallest absolute Gasteiger partial charge is 0.383 e. The normalized spacial score (nSPS) is 11.5. The number of aromatic carboxylic acids is 1. The molecule has 0 aromatic heterocycles. The van der Waals surface area contributed by atoms with Gasteiger partial charge in [-0.1, -0.05) is 0 Å². The number of rotatable bonds is 4. The van der Waals surface area contributed by atoms with E-state index >= 15 is 0 Å². The number of carbonyl (C=O) groups is 2. The zero-order valence-corrected chi connectivity index (χ0v) is 8.96. The standard InChI is InChI=1S/C10H6F5NO3/c11-4-1-2-6(5(3-4)7(17)18)16-9(19)10(14,15)8(12)13/h1-3,8H,(H,16,19)(H,17,18). The van der Waals surface area contributed by atoms with E-state index in [0.29, 0.717) is 18.2 Å². The van der Waals surface area contributed by atoms with Gasteiger partial charge >= 0.3 is 24.2 Å². The molecule has 104 valence electrons. The van der Waals surface area contributed by atoms with Crippen molar-refractivity contribution in [3.05, 3.63) is 29.6 Å². The molecule has 19 heavy (non-hydrogen) atoms. The van der Waals surface area contributed by atoms with Crippen molar-refractivity contribution in [2.24, 2.45) is 0 Å². The van der Waals surface area contributed by atoms with Crippen LogP contribution in [0.15, 0.2) is 18.2 Å². The summed E-state index contributed by atoms with van der Waals surface area (Å²) in [7, 11) is 0. The van der Waals surface area contributed by atoms with Gasteiger partial charge < -0.3 is 10.4 Å². The number of carboxylic acids is 1. The Morgan fingerprint density at radius 3 is 2.32 bits per heavy atom. The molecular weight excluding hydrogens is 277 g/mol. The molecule has 0 heterocycles. The number of halogens is 5. The maximum Gasteiger partial charge on any atom is 0.383 e. The molecule has 0 aliphatic carbocycles. The van der Waals surface area contributed by atoms with Crippen LogP contribution in [0.4, 0.5) is 27.6 Å². The van der Waals surface area contributed by atoms with Crippen LogP contribution >= 0.6 is 0 Å². The van der Waals surface area contributed by atoms with Crippen LogP contribution in [0.25, 0.3) is 0 Å². The second-order valence-corrected chi connectivity index (χ2v) is 3.37. The van der Waals surface area contributed by atoms with E-state index in [-0.39, 0.29) is 0 Å². The Kier molecular flexibility index (Phi) is 4.07. The summed E-state index contributed by atoms with van der Waals surface area (Å²) in [6.07, 6.45) is -4.25. The Hall–Kier alpha value is -2.19. The van der Waals surface area contributed by atoms with Crippen molar-refractivity contribution in [3.63, 3.8) is 0 Å². The van der Waals surface area contributed by atoms with Crippen LogP contribution in [-0.4, -0.2) is 29.3 Å². The van der Waals surface area contributed by atoms with Crippen LogP contribution in [0.1, 0.15) is 10.4 Å². The van der Waals surface area contributed by atoms with Gasteiger partial charge in [0.1, 0.15) is 5.82 Å². The Labute approximate surface area is 102 Å². The first-order valence-electron chi connectivity index (χ1n) is 4.66. The van der Waals surface area contributed by atoms with Crippen molar-refractivity contribution in [1.82, 2.24) is 0 Å². The van der Waals surface area contributed by atoms with Crippen molar-refractivity contribution >= 4 is 17.6 Å². The average Bonchev–Trinajstić information content (AvgIpc) is 2.30. The third-order valence-corrected chi connectivity index (χ3v) is 2.04. The highest BCUT2D eigenvalue weighted by Gasteiger charge is 2.49. The number of alkyl halides is 4. The van der Waals surface area contributed by atoms with E-state index in [1.807, 2.05) is 0 Å². The van der Waals surface area contributed by atoms with Gasteiger partial charge in [0, 0.05) is 0 Å². The first-order chi connectivity index (χ1) is 8.66. The molecule has 0 aliphatic heterocycles. The molecule has 0 atom stereocenters. The highest BCUT2D eigenvalue weighted by atomic mass is 19.3. The molecule has 0 saturated heterocycles. The average molecular weight is 283 g/mol. The van der Waals surface area contributed by atoms with Gasteiger partial charge in [0.25, 0.3) is 0 Å². The van der Waals surface area contributed by atoms with Crippen molar-refractivity contribution < 1.29 is 36.6 Å². The third-order valence-electron chi connectivity index (χ3n) is 2.04. The molecule has 0 radical (unpaired) electrons. The summed E-state index contributed by atoms with van der Waals surface area (Å²) in [5, 5.41) is 9.99. The number of nitrogens with one attached hydrogen (secondary N) is 1. The van der Waals surface area contributed by atoms with Crippen LogP contribution in [0, 0.1) is 5.82 Å². The van der Waals surface area contributed by atoms with Gasteiger partial charge in [-0.25, -0.2) is 18.0 Å². The molecule has 1 aromatic carbocycles. The number of benzene rings is 1. The first-order valence-corrected chi connectivity index (χ1v) is 4.66.